The molecule has 3 aromatic rings. The van der Waals surface area contributed by atoms with Crippen molar-refractivity contribution in [3.05, 3.63) is 59.4 Å². The van der Waals surface area contributed by atoms with Crippen LogP contribution in [-0.4, -0.2) is 41.7 Å². The number of sulfonamides is 1. The average Bonchev–Trinajstić information content (AvgIpc) is 3.13. The Bertz CT molecular complexity index is 1210. The number of nitrogens with zero attached hydrogens (tertiary/aromatic N) is 2. The minimum atomic E-state index is -3.64. The normalized spacial score (nSPS) is 20.1. The number of carbonyl (C=O) groups excluding carboxylic acids is 1. The maximum atomic E-state index is 13.1. The highest BCUT2D eigenvalue weighted by Gasteiger charge is 2.31. The molecule has 1 aliphatic heterocycles. The van der Waals surface area contributed by atoms with E-state index in [1.54, 1.807) is 22.5 Å². The van der Waals surface area contributed by atoms with Crippen LogP contribution in [0.15, 0.2) is 47.4 Å². The van der Waals surface area contributed by atoms with Gasteiger partial charge in [-0.25, -0.2) is 13.4 Å². The molecule has 4 rings (SSSR count). The molecule has 2 heterocycles. The summed E-state index contributed by atoms with van der Waals surface area (Å²) in [6.07, 6.45) is 1.02. The molecule has 0 spiro atoms. The van der Waals surface area contributed by atoms with Gasteiger partial charge in [0.05, 0.1) is 22.5 Å². The van der Waals surface area contributed by atoms with E-state index in [-0.39, 0.29) is 17.3 Å². The van der Waals surface area contributed by atoms with E-state index in [4.69, 9.17) is 0 Å². The fourth-order valence-electron chi connectivity index (χ4n) is 4.27. The van der Waals surface area contributed by atoms with Crippen LogP contribution >= 0.6 is 0 Å². The van der Waals surface area contributed by atoms with Crippen molar-refractivity contribution < 1.29 is 13.2 Å². The van der Waals surface area contributed by atoms with E-state index < -0.39 is 10.0 Å². The van der Waals surface area contributed by atoms with Crippen molar-refractivity contribution >= 4 is 27.0 Å². The second-order valence-corrected chi connectivity index (χ2v) is 10.6. The third-order valence-corrected chi connectivity index (χ3v) is 7.50. The smallest absolute Gasteiger partial charge is 0.251 e. The third-order valence-electron chi connectivity index (χ3n) is 5.67. The number of hydrogen-bond donors (Lipinski definition) is 2. The van der Waals surface area contributed by atoms with Crippen LogP contribution in [0.5, 0.6) is 0 Å². The van der Waals surface area contributed by atoms with Crippen LogP contribution < -0.4 is 5.32 Å². The van der Waals surface area contributed by atoms with E-state index in [1.165, 1.54) is 6.07 Å². The Kier molecular flexibility index (Phi) is 5.85. The molecule has 2 N–H and O–H groups in total. The van der Waals surface area contributed by atoms with Crippen LogP contribution in [-0.2, 0) is 16.6 Å². The summed E-state index contributed by atoms with van der Waals surface area (Å²) < 4.78 is 27.8. The quantitative estimate of drug-likeness (QED) is 0.635. The Morgan fingerprint density at radius 2 is 1.90 bits per heavy atom. The van der Waals surface area contributed by atoms with E-state index in [9.17, 15) is 13.2 Å². The number of aromatic nitrogens is 2. The fraction of sp³-hybridized carbons (Fsp3) is 0.391. The molecular weight excluding hydrogens is 412 g/mol. The van der Waals surface area contributed by atoms with Crippen molar-refractivity contribution in [1.29, 1.82) is 0 Å². The molecule has 0 aliphatic carbocycles. The number of benzene rings is 2. The van der Waals surface area contributed by atoms with Crippen molar-refractivity contribution in [3.8, 4) is 0 Å². The summed E-state index contributed by atoms with van der Waals surface area (Å²) in [5.41, 5.74) is 3.20. The molecule has 0 bridgehead atoms. The number of hydrogen-bond acceptors (Lipinski definition) is 4. The number of fused-ring (bicyclic) bond motifs is 1. The molecule has 1 saturated heterocycles. The van der Waals surface area contributed by atoms with Gasteiger partial charge >= 0.3 is 0 Å². The molecular formula is C23H28N4O3S. The molecule has 8 heteroatoms. The molecule has 0 saturated carbocycles. The fourth-order valence-corrected chi connectivity index (χ4v) is 6.00. The zero-order chi connectivity index (χ0) is 22.2. The standard InChI is InChI=1S/C23H28N4O3S/c1-15-7-8-20-21(10-15)26-22(25-20)12-24-23(28)18-5-4-6-19(11-18)31(29,30)27-13-16(2)9-17(3)14-27/h4-8,10-11,16-17H,9,12-14H2,1-3H3,(H,24,28)(H,25,26). The van der Waals surface area contributed by atoms with Crippen LogP contribution in [0.2, 0.25) is 0 Å². The number of nitrogens with one attached hydrogen (secondary N) is 2. The SMILES string of the molecule is Cc1ccc2nc(CNC(=O)c3cccc(S(=O)(=O)N4CC(C)CC(C)C4)c3)[nH]c2c1. The van der Waals surface area contributed by atoms with Crippen molar-refractivity contribution in [1.82, 2.24) is 19.6 Å². The average molecular weight is 441 g/mol. The third kappa shape index (κ3) is 4.65. The van der Waals surface area contributed by atoms with Gasteiger partial charge in [0, 0.05) is 18.7 Å². The van der Waals surface area contributed by atoms with Gasteiger partial charge in [-0.15, -0.1) is 0 Å². The number of H-pyrrole nitrogens is 1. The molecule has 164 valence electrons. The molecule has 2 unspecified atom stereocenters. The van der Waals surface area contributed by atoms with Gasteiger partial charge in [0.25, 0.3) is 5.91 Å². The Hall–Kier alpha value is -2.71. The molecule has 2 aromatic carbocycles. The maximum Gasteiger partial charge on any atom is 0.251 e. The van der Waals surface area contributed by atoms with Crippen LogP contribution in [0.25, 0.3) is 11.0 Å². The first-order valence-corrected chi connectivity index (χ1v) is 12.0. The molecule has 1 aliphatic rings. The van der Waals surface area contributed by atoms with Crippen LogP contribution in [0.1, 0.15) is 42.0 Å². The predicted molar refractivity (Wildman–Crippen MR) is 120 cm³/mol. The monoisotopic (exact) mass is 440 g/mol. The van der Waals surface area contributed by atoms with Crippen LogP contribution in [0, 0.1) is 18.8 Å². The summed E-state index contributed by atoms with van der Waals surface area (Å²) in [7, 11) is -3.64. The van der Waals surface area contributed by atoms with Gasteiger partial charge in [0.1, 0.15) is 5.82 Å². The highest BCUT2D eigenvalue weighted by Crippen LogP contribution is 2.27. The van der Waals surface area contributed by atoms with Crippen molar-refractivity contribution in [3.63, 3.8) is 0 Å². The number of aromatic amines is 1. The number of imidazole rings is 1. The lowest BCUT2D eigenvalue weighted by Crippen LogP contribution is -2.42. The lowest BCUT2D eigenvalue weighted by molar-refractivity contribution is 0.0949. The molecule has 1 amide bonds. The molecule has 31 heavy (non-hydrogen) atoms. The van der Waals surface area contributed by atoms with Gasteiger partial charge in [-0.2, -0.15) is 4.31 Å². The van der Waals surface area contributed by atoms with Crippen molar-refractivity contribution in [2.24, 2.45) is 11.8 Å². The van der Waals surface area contributed by atoms with E-state index in [0.29, 0.717) is 36.3 Å². The van der Waals surface area contributed by atoms with E-state index in [0.717, 1.165) is 23.0 Å². The van der Waals surface area contributed by atoms with E-state index >= 15 is 0 Å². The number of rotatable bonds is 5. The topological polar surface area (TPSA) is 95.2 Å². The Morgan fingerprint density at radius 1 is 1.16 bits per heavy atom. The van der Waals surface area contributed by atoms with Gasteiger partial charge in [0.15, 0.2) is 0 Å². The molecule has 0 radical (unpaired) electrons. The van der Waals surface area contributed by atoms with Crippen LogP contribution in [0.3, 0.4) is 0 Å². The first-order valence-electron chi connectivity index (χ1n) is 10.6. The first-order chi connectivity index (χ1) is 14.7. The zero-order valence-corrected chi connectivity index (χ0v) is 18.9. The van der Waals surface area contributed by atoms with E-state index in [1.807, 2.05) is 25.1 Å². The summed E-state index contributed by atoms with van der Waals surface area (Å²) in [4.78, 5) is 20.5. The Balaban J connectivity index is 1.48. The highest BCUT2D eigenvalue weighted by molar-refractivity contribution is 7.89. The minimum Gasteiger partial charge on any atom is -0.345 e. The molecule has 1 fully saturated rings. The van der Waals surface area contributed by atoms with Crippen LogP contribution in [0.4, 0.5) is 0 Å². The molecule has 7 nitrogen and oxygen atoms in total. The van der Waals surface area contributed by atoms with Gasteiger partial charge in [-0.3, -0.25) is 4.79 Å². The van der Waals surface area contributed by atoms with Crippen molar-refractivity contribution in [2.45, 2.75) is 38.6 Å². The number of carbonyl (C=O) groups is 1. The lowest BCUT2D eigenvalue weighted by Gasteiger charge is -2.34. The van der Waals surface area contributed by atoms with Gasteiger partial charge < -0.3 is 10.3 Å². The summed E-state index contributed by atoms with van der Waals surface area (Å²) in [5.74, 6) is 0.943. The van der Waals surface area contributed by atoms with E-state index in [2.05, 4.69) is 29.1 Å². The van der Waals surface area contributed by atoms with Gasteiger partial charge in [0.2, 0.25) is 10.0 Å². The summed E-state index contributed by atoms with van der Waals surface area (Å²) in [6.45, 7) is 7.39. The second kappa shape index (κ2) is 8.43. The largest absolute Gasteiger partial charge is 0.345 e. The number of aryl methyl sites for hydroxylation is 1. The molecule has 1 aromatic heterocycles. The Morgan fingerprint density at radius 3 is 2.65 bits per heavy atom. The summed E-state index contributed by atoms with van der Waals surface area (Å²) in [5, 5.41) is 2.82. The maximum absolute atomic E-state index is 13.1. The van der Waals surface area contributed by atoms with Gasteiger partial charge in [-0.1, -0.05) is 26.0 Å². The van der Waals surface area contributed by atoms with Crippen molar-refractivity contribution in [2.75, 3.05) is 13.1 Å². The highest BCUT2D eigenvalue weighted by atomic mass is 32.2. The summed E-state index contributed by atoms with van der Waals surface area (Å²) in [6, 6.07) is 12.2. The molecule has 2 atom stereocenters. The lowest BCUT2D eigenvalue weighted by atomic mass is 9.94. The first kappa shape index (κ1) is 21.5. The van der Waals surface area contributed by atoms with Gasteiger partial charge in [-0.05, 0) is 61.1 Å². The number of amides is 1. The minimum absolute atomic E-state index is 0.153. The Labute approximate surface area is 182 Å². The number of piperidine rings is 1. The summed E-state index contributed by atoms with van der Waals surface area (Å²) >= 11 is 0. The zero-order valence-electron chi connectivity index (χ0n) is 18.1. The predicted octanol–water partition coefficient (Wildman–Crippen LogP) is 3.47. The second-order valence-electron chi connectivity index (χ2n) is 8.68.